The van der Waals surface area contributed by atoms with Crippen LogP contribution in [0.15, 0.2) is 0 Å². The Labute approximate surface area is 712 Å². The van der Waals surface area contributed by atoms with Crippen LogP contribution in [0.1, 0.15) is 270 Å². The fourth-order valence-corrected chi connectivity index (χ4v) is 13.4. The van der Waals surface area contributed by atoms with E-state index in [2.05, 4.69) is 69.1 Å². The minimum atomic E-state index is -1.53. The second kappa shape index (κ2) is 62.8. The van der Waals surface area contributed by atoms with Gasteiger partial charge in [0.1, 0.15) is 78.5 Å². The van der Waals surface area contributed by atoms with E-state index in [1.807, 2.05) is 69.2 Å². The van der Waals surface area contributed by atoms with Gasteiger partial charge in [-0.25, -0.2) is 4.79 Å². The van der Waals surface area contributed by atoms with Crippen molar-refractivity contribution in [3.8, 4) is 0 Å². The molecule has 0 aromatic rings. The highest BCUT2D eigenvalue weighted by Gasteiger charge is 2.39. The smallest absolute Gasteiger partial charge is 0.326 e. The predicted octanol–water partition coefficient (Wildman–Crippen LogP) is 0.662. The van der Waals surface area contributed by atoms with Crippen LogP contribution in [-0.4, -0.2) is 223 Å². The predicted molar refractivity (Wildman–Crippen MR) is 461 cm³/mol. The molecule has 0 spiro atoms. The molecule has 0 aliphatic carbocycles. The third kappa shape index (κ3) is 49.0. The number of hydrogen-bond acceptors (Lipinski definition) is 22. The maximum absolute atomic E-state index is 14.8. The standard InChI is InChI=1S/C83H158N20O17/c1-48(2)41-62(97-70(106)55(90)27-15-21-35-84)76(112)95-60(33-34-69(104)105)75(111)92-58(30-18-24-38-87)73(109)99-67(46-53(11)12)81(117)101-63(42-49(3)4)77(113)93-56(28-16-22-36-85)71(107)91-57(29-17-23-37-86)72(108)98-66(45-52(9)10)80(116)102-64(43-50(5)6)78(114)94-59(31-19-25-39-88)74(110)100-68(47-54(13)14)82(118)103-65(44-51(7)8)79(115)96-61(83(119)120)32-20-26-40-89/h48-68H,15-47,84-90H2,1-14H3,(H,91,107)(H,92,111)(H,93,113)(H,94,114)(H,95,112)(H,96,115)(H,97,106)(H,98,108)(H,99,109)(H,100,110)(H,101,117)(H,102,116)(H,103,118)(H,104,105)(H,119,120)/t55-,56-,57-,58-,59-,60-,61-,62-,63-,64-,65-,66-,67-,68-/m0/s1. The number of carboxylic acids is 2. The third-order valence-corrected chi connectivity index (χ3v) is 19.8. The van der Waals surface area contributed by atoms with Crippen molar-refractivity contribution in [1.82, 2.24) is 69.1 Å². The minimum Gasteiger partial charge on any atom is -0.481 e. The van der Waals surface area contributed by atoms with Crippen LogP contribution in [-0.2, 0) is 71.9 Å². The fourth-order valence-electron chi connectivity index (χ4n) is 13.4. The molecule has 0 aliphatic heterocycles. The summed E-state index contributed by atoms with van der Waals surface area (Å²) in [5, 5.41) is 55.3. The first-order chi connectivity index (χ1) is 56.5. The van der Waals surface area contributed by atoms with Gasteiger partial charge in [-0.1, -0.05) is 103 Å². The number of carboxylic acid groups (broad SMARTS) is 2. The van der Waals surface area contributed by atoms with Crippen molar-refractivity contribution in [3.63, 3.8) is 0 Å². The summed E-state index contributed by atoms with van der Waals surface area (Å²) in [5.41, 5.74) is 41.0. The molecular weight excluding hydrogens is 1550 g/mol. The lowest BCUT2D eigenvalue weighted by atomic mass is 9.98. The first kappa shape index (κ1) is 112. The van der Waals surface area contributed by atoms with E-state index in [9.17, 15) is 82.1 Å². The van der Waals surface area contributed by atoms with Gasteiger partial charge in [-0.3, -0.25) is 67.1 Å². The molecular formula is C83H158N20O17. The minimum absolute atomic E-state index is 0.00681. The lowest BCUT2D eigenvalue weighted by Crippen LogP contribution is -2.61. The van der Waals surface area contributed by atoms with E-state index >= 15 is 0 Å². The van der Waals surface area contributed by atoms with Crippen LogP contribution < -0.4 is 109 Å². The Balaban J connectivity index is 7.38. The molecule has 0 radical (unpaired) electrons. The molecule has 0 aromatic carbocycles. The van der Waals surface area contributed by atoms with Crippen LogP contribution in [0, 0.1) is 41.4 Å². The van der Waals surface area contributed by atoms with Gasteiger partial charge in [-0.2, -0.15) is 0 Å². The van der Waals surface area contributed by atoms with Gasteiger partial charge in [0.25, 0.3) is 0 Å². The lowest BCUT2D eigenvalue weighted by Gasteiger charge is -2.30. The summed E-state index contributed by atoms with van der Waals surface area (Å²) in [6.45, 7) is 27.0. The molecule has 0 aliphatic rings. The quantitative estimate of drug-likeness (QED) is 0.0372. The SMILES string of the molecule is CC(C)C[C@H](NC(=O)[C@H](CC(C)C)NC(=O)[C@H](CCCCN)NC(=O)[C@H](CC(C)C)NC(=O)[C@H](CC(C)C)NC(=O)[C@H](CCCCN)NC(=O)[C@H](CCCCN)NC(=O)[C@H](CC(C)C)NC(=O)[C@H](CC(C)C)NC(=O)[C@H](CCCCN)NC(=O)[C@H](CCC(=O)O)NC(=O)[C@H](CC(C)C)NC(=O)[C@@H](N)CCCCN)C(=O)N[C@@H](CCCCN)C(=O)O. The molecule has 37 heteroatoms. The van der Waals surface area contributed by atoms with Crippen molar-refractivity contribution in [2.75, 3.05) is 39.3 Å². The van der Waals surface area contributed by atoms with Crippen LogP contribution in [0.2, 0.25) is 0 Å². The summed E-state index contributed by atoms with van der Waals surface area (Å²) < 4.78 is 0. The lowest BCUT2D eigenvalue weighted by molar-refractivity contribution is -0.142. The van der Waals surface area contributed by atoms with Crippen LogP contribution in [0.3, 0.4) is 0 Å². The molecule has 0 rings (SSSR count). The van der Waals surface area contributed by atoms with E-state index in [1.54, 1.807) is 27.7 Å². The maximum atomic E-state index is 14.8. The first-order valence-electron chi connectivity index (χ1n) is 43.8. The van der Waals surface area contributed by atoms with E-state index in [0.717, 1.165) is 0 Å². The summed E-state index contributed by atoms with van der Waals surface area (Å²) in [6, 6.07) is -18.0. The fraction of sp³-hybridized carbons (Fsp3) is 0.819. The van der Waals surface area contributed by atoms with Crippen molar-refractivity contribution in [3.05, 3.63) is 0 Å². The van der Waals surface area contributed by atoms with E-state index < -0.39 is 186 Å². The first-order valence-corrected chi connectivity index (χ1v) is 43.8. The second-order valence-corrected chi connectivity index (χ2v) is 34.8. The Bertz CT molecular complexity index is 3110. The zero-order valence-corrected chi connectivity index (χ0v) is 74.5. The molecule has 0 aromatic heterocycles. The molecule has 13 amide bonds. The van der Waals surface area contributed by atoms with Gasteiger partial charge in [-0.15, -0.1) is 0 Å². The number of hydrogen-bond donors (Lipinski definition) is 22. The second-order valence-electron chi connectivity index (χ2n) is 34.8. The Morgan fingerprint density at radius 1 is 0.208 bits per heavy atom. The zero-order valence-electron chi connectivity index (χ0n) is 74.5. The normalized spacial score (nSPS) is 15.1. The molecule has 0 unspecified atom stereocenters. The Morgan fingerprint density at radius 2 is 0.358 bits per heavy atom. The highest BCUT2D eigenvalue weighted by atomic mass is 16.4. The average Bonchev–Trinajstić information content (AvgIpc) is 0.850. The molecule has 14 atom stereocenters. The van der Waals surface area contributed by atoms with Crippen LogP contribution in [0.5, 0.6) is 0 Å². The number of nitrogens with two attached hydrogens (primary N) is 7. The number of amides is 13. The number of rotatable bonds is 68. The van der Waals surface area contributed by atoms with Crippen molar-refractivity contribution >= 4 is 88.7 Å². The van der Waals surface area contributed by atoms with Crippen LogP contribution in [0.25, 0.3) is 0 Å². The summed E-state index contributed by atoms with van der Waals surface area (Å²) in [6.07, 6.45) is 5.08. The van der Waals surface area contributed by atoms with Gasteiger partial charge in [0.05, 0.1) is 6.04 Å². The number of aliphatic carboxylic acids is 2. The van der Waals surface area contributed by atoms with E-state index in [0.29, 0.717) is 96.6 Å². The van der Waals surface area contributed by atoms with Crippen molar-refractivity contribution < 1.29 is 82.1 Å². The largest absolute Gasteiger partial charge is 0.481 e. The molecule has 0 bridgehead atoms. The topological polar surface area (TPSA) is 635 Å². The van der Waals surface area contributed by atoms with E-state index in [1.165, 1.54) is 0 Å². The monoisotopic (exact) mass is 1710 g/mol. The van der Waals surface area contributed by atoms with Gasteiger partial charge in [-0.05, 0) is 241 Å². The van der Waals surface area contributed by atoms with Gasteiger partial charge in [0.15, 0.2) is 0 Å². The molecule has 29 N–H and O–H groups in total. The summed E-state index contributed by atoms with van der Waals surface area (Å²) in [5.74, 6) is -14.0. The summed E-state index contributed by atoms with van der Waals surface area (Å²) in [7, 11) is 0. The molecule has 120 heavy (non-hydrogen) atoms. The van der Waals surface area contributed by atoms with Gasteiger partial charge >= 0.3 is 11.9 Å². The number of carbonyl (C=O) groups is 15. The Hall–Kier alpha value is -8.23. The maximum Gasteiger partial charge on any atom is 0.326 e. The molecule has 0 heterocycles. The van der Waals surface area contributed by atoms with Gasteiger partial charge in [0, 0.05) is 6.42 Å². The molecule has 0 saturated heterocycles. The number of nitrogens with one attached hydrogen (secondary N) is 13. The Morgan fingerprint density at radius 3 is 0.533 bits per heavy atom. The molecule has 0 fully saturated rings. The molecule has 37 nitrogen and oxygen atoms in total. The molecule has 0 saturated carbocycles. The average molecular weight is 1710 g/mol. The van der Waals surface area contributed by atoms with Gasteiger partial charge in [0.2, 0.25) is 76.8 Å². The van der Waals surface area contributed by atoms with E-state index in [4.69, 9.17) is 40.1 Å². The zero-order chi connectivity index (χ0) is 91.3. The molecule has 692 valence electrons. The number of carbonyl (C=O) groups excluding carboxylic acids is 13. The van der Waals surface area contributed by atoms with Crippen molar-refractivity contribution in [1.29, 1.82) is 0 Å². The Kier molecular flexibility index (Phi) is 58.5. The summed E-state index contributed by atoms with van der Waals surface area (Å²) >= 11 is 0. The highest BCUT2D eigenvalue weighted by Crippen LogP contribution is 2.19. The van der Waals surface area contributed by atoms with Crippen molar-refractivity contribution in [2.45, 2.75) is 355 Å². The van der Waals surface area contributed by atoms with Gasteiger partial charge < -0.3 is 119 Å². The van der Waals surface area contributed by atoms with Crippen molar-refractivity contribution in [2.24, 2.45) is 81.6 Å². The highest BCUT2D eigenvalue weighted by molar-refractivity contribution is 6.00. The van der Waals surface area contributed by atoms with Crippen LogP contribution >= 0.6 is 0 Å². The van der Waals surface area contributed by atoms with Crippen LogP contribution in [0.4, 0.5) is 0 Å². The summed E-state index contributed by atoms with van der Waals surface area (Å²) in [4.78, 5) is 212. The third-order valence-electron chi connectivity index (χ3n) is 19.8. The number of unbranched alkanes of at least 4 members (excludes halogenated alkanes) is 6. The van der Waals surface area contributed by atoms with E-state index in [-0.39, 0.29) is 145 Å².